The predicted octanol–water partition coefficient (Wildman–Crippen LogP) is 17.1. The monoisotopic (exact) mass is 843 g/mol. The van der Waals surface area contributed by atoms with Crippen molar-refractivity contribution in [2.45, 2.75) is 24.7 Å². The first-order chi connectivity index (χ1) is 32.5. The molecule has 13 rings (SSSR count). The molecule has 0 saturated carbocycles. The minimum absolute atomic E-state index is 0.221. The number of fused-ring (bicyclic) bond motifs is 9. The van der Waals surface area contributed by atoms with Crippen LogP contribution >= 0.6 is 0 Å². The molecule has 10 aromatic carbocycles. The van der Waals surface area contributed by atoms with Crippen LogP contribution in [0.2, 0.25) is 0 Å². The van der Waals surface area contributed by atoms with Gasteiger partial charge in [0, 0.05) is 33.2 Å². The quantitative estimate of drug-likeness (QED) is 0.159. The van der Waals surface area contributed by atoms with Gasteiger partial charge in [0.15, 0.2) is 0 Å². The van der Waals surface area contributed by atoms with Crippen molar-refractivity contribution in [3.8, 4) is 44.5 Å². The second-order valence-corrected chi connectivity index (χ2v) is 18.4. The highest BCUT2D eigenvalue weighted by atomic mass is 16.3. The first-order valence-electron chi connectivity index (χ1n) is 23.0. The molecule has 2 heteroatoms. The van der Waals surface area contributed by atoms with E-state index < -0.39 is 5.41 Å². The molecule has 0 aliphatic heterocycles. The van der Waals surface area contributed by atoms with Gasteiger partial charge < -0.3 is 9.32 Å². The Kier molecular flexibility index (Phi) is 8.51. The summed E-state index contributed by atoms with van der Waals surface area (Å²) in [6.07, 6.45) is 0. The van der Waals surface area contributed by atoms with Crippen molar-refractivity contribution in [1.29, 1.82) is 0 Å². The van der Waals surface area contributed by atoms with Crippen LogP contribution in [0.1, 0.15) is 47.2 Å². The van der Waals surface area contributed by atoms with Crippen molar-refractivity contribution in [1.82, 2.24) is 0 Å². The van der Waals surface area contributed by atoms with E-state index in [0.29, 0.717) is 0 Å². The Hall–Kier alpha value is -8.20. The average Bonchev–Trinajstić information content (AvgIpc) is 3.98. The summed E-state index contributed by atoms with van der Waals surface area (Å²) in [5.41, 5.74) is 22.1. The molecule has 312 valence electrons. The number of nitrogens with zero attached hydrogens (tertiary/aromatic N) is 1. The zero-order chi connectivity index (χ0) is 44.0. The van der Waals surface area contributed by atoms with E-state index in [0.717, 1.165) is 44.6 Å². The smallest absolute Gasteiger partial charge is 0.136 e. The van der Waals surface area contributed by atoms with Crippen LogP contribution in [0.3, 0.4) is 0 Å². The molecule has 2 aliphatic carbocycles. The van der Waals surface area contributed by atoms with Gasteiger partial charge in [0.1, 0.15) is 11.2 Å². The summed E-state index contributed by atoms with van der Waals surface area (Å²) in [6.45, 7) is 4.76. The molecule has 66 heavy (non-hydrogen) atoms. The third-order valence-electron chi connectivity index (χ3n) is 14.6. The lowest BCUT2D eigenvalue weighted by Crippen LogP contribution is -2.28. The summed E-state index contributed by atoms with van der Waals surface area (Å²) in [5.74, 6) is 0. The molecule has 0 fully saturated rings. The van der Waals surface area contributed by atoms with Crippen LogP contribution in [-0.4, -0.2) is 0 Å². The van der Waals surface area contributed by atoms with Crippen molar-refractivity contribution in [2.24, 2.45) is 0 Å². The van der Waals surface area contributed by atoms with E-state index in [1.54, 1.807) is 0 Å². The van der Waals surface area contributed by atoms with Crippen LogP contribution in [0.4, 0.5) is 17.1 Å². The number of benzene rings is 10. The molecular weight excluding hydrogens is 799 g/mol. The third kappa shape index (κ3) is 5.55. The number of hydrogen-bond acceptors (Lipinski definition) is 2. The fraction of sp³-hybridized carbons (Fsp3) is 0.0625. The van der Waals surface area contributed by atoms with Crippen molar-refractivity contribution >= 4 is 39.0 Å². The highest BCUT2D eigenvalue weighted by molar-refractivity contribution is 6.13. The van der Waals surface area contributed by atoms with Crippen LogP contribution in [0.15, 0.2) is 241 Å². The van der Waals surface area contributed by atoms with Gasteiger partial charge in [-0.2, -0.15) is 0 Å². The Morgan fingerprint density at radius 2 is 0.864 bits per heavy atom. The third-order valence-corrected chi connectivity index (χ3v) is 14.6. The summed E-state index contributed by atoms with van der Waals surface area (Å²) in [6, 6.07) is 86.9. The maximum Gasteiger partial charge on any atom is 0.136 e. The SMILES string of the molecule is CC1(C)c2cc(N(c3ccc(C4(c5ccccc5)c5ccccc5-c5ccccc54)cc3)c3ccc4oc5cccc(-c6ccccc6)c5c4c3)ccc2-c2c(-c3ccccc3)cccc21. The Morgan fingerprint density at radius 1 is 0.348 bits per heavy atom. The lowest BCUT2D eigenvalue weighted by molar-refractivity contribution is 0.660. The summed E-state index contributed by atoms with van der Waals surface area (Å²) in [5, 5.41) is 2.21. The van der Waals surface area contributed by atoms with Gasteiger partial charge in [-0.25, -0.2) is 0 Å². The summed E-state index contributed by atoms with van der Waals surface area (Å²) >= 11 is 0. The Labute approximate surface area is 385 Å². The predicted molar refractivity (Wildman–Crippen MR) is 274 cm³/mol. The van der Waals surface area contributed by atoms with Gasteiger partial charge >= 0.3 is 0 Å². The van der Waals surface area contributed by atoms with Gasteiger partial charge in [-0.3, -0.25) is 0 Å². The molecule has 1 heterocycles. The largest absolute Gasteiger partial charge is 0.456 e. The zero-order valence-electron chi connectivity index (χ0n) is 36.9. The number of furan rings is 1. The van der Waals surface area contributed by atoms with E-state index in [-0.39, 0.29) is 5.41 Å². The maximum atomic E-state index is 6.60. The van der Waals surface area contributed by atoms with E-state index in [2.05, 4.69) is 255 Å². The second-order valence-electron chi connectivity index (χ2n) is 18.4. The van der Waals surface area contributed by atoms with Gasteiger partial charge in [0.05, 0.1) is 5.41 Å². The molecule has 0 saturated heterocycles. The molecule has 11 aromatic rings. The molecule has 1 aromatic heterocycles. The van der Waals surface area contributed by atoms with Crippen molar-refractivity contribution in [3.05, 3.63) is 270 Å². The molecule has 0 amide bonds. The summed E-state index contributed by atoms with van der Waals surface area (Å²) in [7, 11) is 0. The molecule has 0 N–H and O–H groups in total. The van der Waals surface area contributed by atoms with Gasteiger partial charge in [-0.05, 0) is 126 Å². The van der Waals surface area contributed by atoms with Gasteiger partial charge in [-0.1, -0.05) is 202 Å². The minimum Gasteiger partial charge on any atom is -0.456 e. The van der Waals surface area contributed by atoms with Crippen LogP contribution in [0, 0.1) is 0 Å². The van der Waals surface area contributed by atoms with Gasteiger partial charge in [-0.15, -0.1) is 0 Å². The Bertz CT molecular complexity index is 3610. The number of anilines is 3. The van der Waals surface area contributed by atoms with Crippen molar-refractivity contribution in [3.63, 3.8) is 0 Å². The average molecular weight is 844 g/mol. The molecule has 2 aliphatic rings. The first kappa shape index (κ1) is 38.3. The van der Waals surface area contributed by atoms with Gasteiger partial charge in [0.2, 0.25) is 0 Å². The van der Waals surface area contributed by atoms with Crippen molar-refractivity contribution < 1.29 is 4.42 Å². The Balaban J connectivity index is 1.03. The lowest BCUT2D eigenvalue weighted by Gasteiger charge is -2.34. The zero-order valence-corrected chi connectivity index (χ0v) is 36.9. The van der Waals surface area contributed by atoms with Crippen LogP contribution in [0.25, 0.3) is 66.4 Å². The van der Waals surface area contributed by atoms with Crippen LogP contribution in [-0.2, 0) is 10.8 Å². The molecule has 0 bridgehead atoms. The molecule has 0 unspecified atom stereocenters. The Morgan fingerprint density at radius 3 is 1.56 bits per heavy atom. The summed E-state index contributed by atoms with van der Waals surface area (Å²) < 4.78 is 6.60. The molecule has 0 radical (unpaired) electrons. The highest BCUT2D eigenvalue weighted by Gasteiger charge is 2.46. The standard InChI is InChI=1S/C64H45NO/c1-63(2)57-30-16-26-49(42-18-6-3-7-19-42)61(57)53-38-36-48(41-58(53)63)65(47-37-39-59-54(40-47)62-50(27-17-31-60(62)66-59)43-20-8-4-9-21-43)46-34-32-45(33-35-46)64(44-22-10-5-11-23-44)55-28-14-12-24-51(55)52-25-13-15-29-56(52)64/h3-41H,1-2H3. The number of rotatable bonds is 7. The number of hydrogen-bond donors (Lipinski definition) is 0. The second kappa shape index (κ2) is 14.7. The molecule has 0 atom stereocenters. The van der Waals surface area contributed by atoms with Gasteiger partial charge in [0.25, 0.3) is 0 Å². The minimum atomic E-state index is -0.486. The van der Waals surface area contributed by atoms with E-state index in [9.17, 15) is 0 Å². The maximum absolute atomic E-state index is 6.60. The molecule has 0 spiro atoms. The fourth-order valence-electron chi connectivity index (χ4n) is 11.6. The molecule has 2 nitrogen and oxygen atoms in total. The van der Waals surface area contributed by atoms with E-state index in [1.807, 2.05) is 0 Å². The first-order valence-corrected chi connectivity index (χ1v) is 23.0. The molecular formula is C64H45NO. The van der Waals surface area contributed by atoms with Crippen molar-refractivity contribution in [2.75, 3.05) is 4.90 Å². The van der Waals surface area contributed by atoms with E-state index in [1.165, 1.54) is 72.3 Å². The normalized spacial score (nSPS) is 13.8. The van der Waals surface area contributed by atoms with Crippen LogP contribution < -0.4 is 4.90 Å². The van der Waals surface area contributed by atoms with Crippen LogP contribution in [0.5, 0.6) is 0 Å². The lowest BCUT2D eigenvalue weighted by atomic mass is 9.68. The topological polar surface area (TPSA) is 16.4 Å². The van der Waals surface area contributed by atoms with E-state index in [4.69, 9.17) is 4.42 Å². The fourth-order valence-corrected chi connectivity index (χ4v) is 11.6. The van der Waals surface area contributed by atoms with E-state index >= 15 is 0 Å². The highest BCUT2D eigenvalue weighted by Crippen LogP contribution is 2.57. The summed E-state index contributed by atoms with van der Waals surface area (Å²) in [4.78, 5) is 2.44.